The van der Waals surface area contributed by atoms with Crippen LogP contribution in [0.1, 0.15) is 290 Å². The number of rotatable bonds is 56. The third-order valence-electron chi connectivity index (χ3n) is 13.2. The molecule has 0 aliphatic heterocycles. The van der Waals surface area contributed by atoms with Crippen molar-refractivity contribution in [3.8, 4) is 0 Å². The SMILES string of the molecule is CC/C=C\C/C=C\C/C=C\C/C=C\C/C=C\C/C=C\C/C=C\CCCCCCCC(=O)OCC(COC(=O)CCCCCCC/C=C\CCCC)OC(=O)CCCCCCCCCCC/C=C\CCCCCCCC. The molecule has 0 rings (SSSR count). The van der Waals surface area contributed by atoms with Gasteiger partial charge in [-0.3, -0.25) is 14.4 Å². The van der Waals surface area contributed by atoms with Crippen LogP contribution in [0.25, 0.3) is 0 Å². The molecule has 0 spiro atoms. The maximum Gasteiger partial charge on any atom is 0.306 e. The van der Waals surface area contributed by atoms with Crippen LogP contribution in [0, 0.1) is 0 Å². The Kier molecular flexibility index (Phi) is 59.3. The Labute approximate surface area is 463 Å². The van der Waals surface area contributed by atoms with Crippen molar-refractivity contribution in [2.24, 2.45) is 0 Å². The molecular formula is C69H116O6. The highest BCUT2D eigenvalue weighted by molar-refractivity contribution is 5.71. The minimum atomic E-state index is -0.793. The second kappa shape index (κ2) is 62.6. The standard InChI is InChI=1S/C69H116O6/c1-4-7-10-13-16-19-22-24-26-28-30-31-32-33-34-35-36-37-39-40-42-44-47-50-53-56-59-62-68(71)74-65-66(64-73-67(70)61-58-55-52-49-46-21-18-15-12-9-6-3)75-69(72)63-60-57-54-51-48-45-43-41-38-29-27-25-23-20-17-14-11-8-5-2/h7,10,15-16,18-19,24-27,30-31,33-34,36-37,40,42,66H,4-6,8-9,11-14,17,20-23,28-29,32,35,38-39,41,43-65H2,1-3H3/b10-7-,18-15-,19-16-,26-24-,27-25-,31-30-,34-33-,37-36-,42-40-. The van der Waals surface area contributed by atoms with Gasteiger partial charge in [0.2, 0.25) is 0 Å². The number of carbonyl (C=O) groups is 3. The van der Waals surface area contributed by atoms with Gasteiger partial charge in [0.05, 0.1) is 0 Å². The Morgan fingerprint density at radius 3 is 0.867 bits per heavy atom. The van der Waals surface area contributed by atoms with E-state index in [4.69, 9.17) is 14.2 Å². The number of carbonyl (C=O) groups excluding carboxylic acids is 3. The average Bonchev–Trinajstić information content (AvgIpc) is 3.41. The van der Waals surface area contributed by atoms with Crippen molar-refractivity contribution in [1.82, 2.24) is 0 Å². The van der Waals surface area contributed by atoms with Gasteiger partial charge >= 0.3 is 17.9 Å². The van der Waals surface area contributed by atoms with Crippen LogP contribution in [0.3, 0.4) is 0 Å². The van der Waals surface area contributed by atoms with E-state index < -0.39 is 6.10 Å². The van der Waals surface area contributed by atoms with E-state index in [1.807, 2.05) is 0 Å². The second-order valence-electron chi connectivity index (χ2n) is 20.6. The molecule has 6 heteroatoms. The Morgan fingerprint density at radius 1 is 0.280 bits per heavy atom. The first-order valence-corrected chi connectivity index (χ1v) is 31.4. The Hall–Kier alpha value is -3.93. The summed E-state index contributed by atoms with van der Waals surface area (Å²) in [7, 11) is 0. The maximum atomic E-state index is 12.9. The highest BCUT2D eigenvalue weighted by Gasteiger charge is 2.19. The first kappa shape index (κ1) is 71.1. The fourth-order valence-electron chi connectivity index (χ4n) is 8.52. The molecule has 0 aliphatic rings. The van der Waals surface area contributed by atoms with Gasteiger partial charge in [0, 0.05) is 19.3 Å². The minimum Gasteiger partial charge on any atom is -0.462 e. The van der Waals surface area contributed by atoms with Crippen LogP contribution in [-0.2, 0) is 28.6 Å². The summed E-state index contributed by atoms with van der Waals surface area (Å²) in [6, 6.07) is 0. The quantitative estimate of drug-likeness (QED) is 0.0261. The lowest BCUT2D eigenvalue weighted by Crippen LogP contribution is -2.30. The summed E-state index contributed by atoms with van der Waals surface area (Å²) < 4.78 is 16.9. The maximum absolute atomic E-state index is 12.9. The molecule has 1 unspecified atom stereocenters. The normalized spacial score (nSPS) is 12.8. The summed E-state index contributed by atoms with van der Waals surface area (Å²) in [5.74, 6) is -0.916. The van der Waals surface area contributed by atoms with Crippen LogP contribution in [0.5, 0.6) is 0 Å². The molecule has 428 valence electrons. The van der Waals surface area contributed by atoms with Crippen LogP contribution in [-0.4, -0.2) is 37.2 Å². The molecule has 75 heavy (non-hydrogen) atoms. The zero-order valence-electron chi connectivity index (χ0n) is 49.0. The number of ether oxygens (including phenoxy) is 3. The molecule has 0 aromatic heterocycles. The van der Waals surface area contributed by atoms with E-state index >= 15 is 0 Å². The van der Waals surface area contributed by atoms with Crippen molar-refractivity contribution in [1.29, 1.82) is 0 Å². The second-order valence-corrected chi connectivity index (χ2v) is 20.6. The predicted octanol–water partition coefficient (Wildman–Crippen LogP) is 21.4. The van der Waals surface area contributed by atoms with E-state index in [-0.39, 0.29) is 31.1 Å². The van der Waals surface area contributed by atoms with Crippen LogP contribution < -0.4 is 0 Å². The summed E-state index contributed by atoms with van der Waals surface area (Å²) in [6.45, 7) is 6.47. The highest BCUT2D eigenvalue weighted by atomic mass is 16.6. The van der Waals surface area contributed by atoms with Gasteiger partial charge < -0.3 is 14.2 Å². The number of allylic oxidation sites excluding steroid dienone is 18. The van der Waals surface area contributed by atoms with Crippen LogP contribution in [0.2, 0.25) is 0 Å². The zero-order valence-corrected chi connectivity index (χ0v) is 49.0. The van der Waals surface area contributed by atoms with Crippen molar-refractivity contribution in [3.05, 3.63) is 109 Å². The lowest BCUT2D eigenvalue weighted by Gasteiger charge is -2.18. The summed E-state index contributed by atoms with van der Waals surface area (Å²) in [4.78, 5) is 38.2. The van der Waals surface area contributed by atoms with Gasteiger partial charge in [0.25, 0.3) is 0 Å². The predicted molar refractivity (Wildman–Crippen MR) is 325 cm³/mol. The van der Waals surface area contributed by atoms with E-state index in [9.17, 15) is 14.4 Å². The van der Waals surface area contributed by atoms with E-state index in [0.717, 1.165) is 128 Å². The molecule has 0 radical (unpaired) electrons. The lowest BCUT2D eigenvalue weighted by molar-refractivity contribution is -0.167. The Balaban J connectivity index is 4.34. The van der Waals surface area contributed by atoms with Gasteiger partial charge in [-0.1, -0.05) is 259 Å². The molecule has 0 aliphatic carbocycles. The average molecular weight is 1040 g/mol. The number of unbranched alkanes of at least 4 members (excludes halogenated alkanes) is 27. The number of esters is 3. The van der Waals surface area contributed by atoms with Crippen molar-refractivity contribution in [2.75, 3.05) is 13.2 Å². The molecule has 0 aromatic rings. The largest absolute Gasteiger partial charge is 0.462 e. The number of hydrogen-bond donors (Lipinski definition) is 0. The molecule has 0 bridgehead atoms. The zero-order chi connectivity index (χ0) is 54.3. The first-order valence-electron chi connectivity index (χ1n) is 31.4. The van der Waals surface area contributed by atoms with E-state index in [0.29, 0.717) is 19.3 Å². The third-order valence-corrected chi connectivity index (χ3v) is 13.2. The number of hydrogen-bond acceptors (Lipinski definition) is 6. The van der Waals surface area contributed by atoms with Gasteiger partial charge in [0.15, 0.2) is 6.10 Å². The van der Waals surface area contributed by atoms with Crippen molar-refractivity contribution >= 4 is 17.9 Å². The van der Waals surface area contributed by atoms with Gasteiger partial charge in [-0.25, -0.2) is 0 Å². The molecule has 0 heterocycles. The van der Waals surface area contributed by atoms with Gasteiger partial charge in [-0.05, 0) is 122 Å². The smallest absolute Gasteiger partial charge is 0.306 e. The molecule has 0 fully saturated rings. The van der Waals surface area contributed by atoms with Crippen molar-refractivity contribution in [2.45, 2.75) is 297 Å². The molecule has 0 saturated heterocycles. The summed E-state index contributed by atoms with van der Waals surface area (Å²) >= 11 is 0. The fraction of sp³-hybridized carbons (Fsp3) is 0.696. The first-order chi connectivity index (χ1) is 37.0. The van der Waals surface area contributed by atoms with Crippen LogP contribution in [0.4, 0.5) is 0 Å². The van der Waals surface area contributed by atoms with Gasteiger partial charge in [0.1, 0.15) is 13.2 Å². The molecule has 0 amide bonds. The van der Waals surface area contributed by atoms with Gasteiger partial charge in [-0.15, -0.1) is 0 Å². The fourth-order valence-corrected chi connectivity index (χ4v) is 8.52. The van der Waals surface area contributed by atoms with E-state index in [1.165, 1.54) is 122 Å². The molecule has 0 aromatic carbocycles. The van der Waals surface area contributed by atoms with Crippen LogP contribution >= 0.6 is 0 Å². The third kappa shape index (κ3) is 60.8. The minimum absolute atomic E-state index is 0.0897. The monoisotopic (exact) mass is 1040 g/mol. The lowest BCUT2D eigenvalue weighted by atomic mass is 10.1. The molecular weight excluding hydrogens is 925 g/mol. The van der Waals surface area contributed by atoms with Crippen molar-refractivity contribution in [3.63, 3.8) is 0 Å². The Bertz CT molecular complexity index is 1520. The van der Waals surface area contributed by atoms with E-state index in [2.05, 4.69) is 130 Å². The summed E-state index contributed by atoms with van der Waals surface area (Å²) in [5.41, 5.74) is 0. The molecule has 0 saturated carbocycles. The summed E-state index contributed by atoms with van der Waals surface area (Å²) in [6.07, 6.45) is 85.2. The van der Waals surface area contributed by atoms with Gasteiger partial charge in [-0.2, -0.15) is 0 Å². The topological polar surface area (TPSA) is 78.9 Å². The molecule has 1 atom stereocenters. The summed E-state index contributed by atoms with van der Waals surface area (Å²) in [5, 5.41) is 0. The Morgan fingerprint density at radius 2 is 0.533 bits per heavy atom. The molecule has 6 nitrogen and oxygen atoms in total. The van der Waals surface area contributed by atoms with E-state index in [1.54, 1.807) is 0 Å². The highest BCUT2D eigenvalue weighted by Crippen LogP contribution is 2.15. The molecule has 0 N–H and O–H groups in total. The van der Waals surface area contributed by atoms with Crippen LogP contribution in [0.15, 0.2) is 109 Å². The van der Waals surface area contributed by atoms with Crippen molar-refractivity contribution < 1.29 is 28.6 Å².